The molecule has 0 saturated heterocycles. The van der Waals surface area contributed by atoms with E-state index >= 15 is 0 Å². The Morgan fingerprint density at radius 2 is 1.60 bits per heavy atom. The number of carbonyl (C=O) groups is 1. The number of nitrogens with one attached hydrogen (secondary N) is 2. The van der Waals surface area contributed by atoms with Crippen molar-refractivity contribution in [2.45, 2.75) is 27.7 Å². The molecule has 0 heterocycles. The molecule has 2 N–H and O–H groups in total. The molecule has 1 amide bonds. The van der Waals surface area contributed by atoms with E-state index in [1.54, 1.807) is 6.07 Å². The molecule has 5 nitrogen and oxygen atoms in total. The van der Waals surface area contributed by atoms with Crippen molar-refractivity contribution in [2.75, 3.05) is 30.4 Å². The van der Waals surface area contributed by atoms with Crippen molar-refractivity contribution in [1.29, 1.82) is 0 Å². The summed E-state index contributed by atoms with van der Waals surface area (Å²) in [5.41, 5.74) is 3.92. The smallest absolute Gasteiger partial charge is 0.243 e. The minimum Gasteiger partial charge on any atom is -0.490 e. The van der Waals surface area contributed by atoms with Gasteiger partial charge in [-0.15, -0.1) is 0 Å². The number of anilines is 2. The maximum absolute atomic E-state index is 12.2. The fourth-order valence-corrected chi connectivity index (χ4v) is 2.60. The molecule has 0 radical (unpaired) electrons. The van der Waals surface area contributed by atoms with Gasteiger partial charge in [0.05, 0.1) is 19.8 Å². The Balaban J connectivity index is 2.01. The minimum absolute atomic E-state index is 0.116. The SMILES string of the molecule is CCOc1ccc(NC(=O)CNc2c(C)cccc2C)cc1OCC. The maximum atomic E-state index is 12.2. The second-order valence-electron chi connectivity index (χ2n) is 5.70. The van der Waals surface area contributed by atoms with Crippen molar-refractivity contribution in [2.24, 2.45) is 0 Å². The highest BCUT2D eigenvalue weighted by molar-refractivity contribution is 5.94. The number of hydrogen-bond acceptors (Lipinski definition) is 4. The third-order valence-corrected chi connectivity index (χ3v) is 3.73. The summed E-state index contributed by atoms with van der Waals surface area (Å²) >= 11 is 0. The Labute approximate surface area is 149 Å². The highest BCUT2D eigenvalue weighted by Gasteiger charge is 2.09. The molecule has 2 aromatic rings. The third-order valence-electron chi connectivity index (χ3n) is 3.73. The first kappa shape index (κ1) is 18.6. The van der Waals surface area contributed by atoms with Gasteiger partial charge in [-0.25, -0.2) is 0 Å². The molecule has 0 atom stereocenters. The number of para-hydroxylation sites is 1. The monoisotopic (exact) mass is 342 g/mol. The van der Waals surface area contributed by atoms with Gasteiger partial charge in [0.2, 0.25) is 5.91 Å². The van der Waals surface area contributed by atoms with Crippen LogP contribution in [0.2, 0.25) is 0 Å². The number of amides is 1. The molecule has 0 aliphatic carbocycles. The van der Waals surface area contributed by atoms with Crippen LogP contribution in [0.4, 0.5) is 11.4 Å². The first-order valence-electron chi connectivity index (χ1n) is 8.54. The number of rotatable bonds is 8. The average Bonchev–Trinajstić information content (AvgIpc) is 2.57. The summed E-state index contributed by atoms with van der Waals surface area (Å²) in [4.78, 5) is 12.2. The second kappa shape index (κ2) is 8.97. The number of benzene rings is 2. The molecule has 0 unspecified atom stereocenters. The van der Waals surface area contributed by atoms with E-state index in [0.29, 0.717) is 30.4 Å². The third kappa shape index (κ3) is 5.14. The summed E-state index contributed by atoms with van der Waals surface area (Å²) in [5, 5.41) is 6.09. The molecule has 0 spiro atoms. The number of ether oxygens (including phenoxy) is 2. The lowest BCUT2D eigenvalue weighted by Gasteiger charge is -2.14. The summed E-state index contributed by atoms with van der Waals surface area (Å²) < 4.78 is 11.1. The topological polar surface area (TPSA) is 59.6 Å². The quantitative estimate of drug-likeness (QED) is 0.756. The predicted molar refractivity (Wildman–Crippen MR) is 102 cm³/mol. The standard InChI is InChI=1S/C20H26N2O3/c1-5-24-17-11-10-16(12-18(17)25-6-2)22-19(23)13-21-20-14(3)8-7-9-15(20)4/h7-12,21H,5-6,13H2,1-4H3,(H,22,23). The minimum atomic E-state index is -0.116. The van der Waals surface area contributed by atoms with Crippen molar-refractivity contribution in [3.05, 3.63) is 47.5 Å². The maximum Gasteiger partial charge on any atom is 0.243 e. The zero-order chi connectivity index (χ0) is 18.2. The van der Waals surface area contributed by atoms with Gasteiger partial charge in [-0.3, -0.25) is 4.79 Å². The molecule has 0 aliphatic heterocycles. The summed E-state index contributed by atoms with van der Waals surface area (Å²) in [6.07, 6.45) is 0. The van der Waals surface area contributed by atoms with Gasteiger partial charge in [-0.05, 0) is 51.0 Å². The van der Waals surface area contributed by atoms with E-state index in [1.165, 1.54) is 0 Å². The molecule has 0 bridgehead atoms. The highest BCUT2D eigenvalue weighted by atomic mass is 16.5. The number of hydrogen-bond donors (Lipinski definition) is 2. The van der Waals surface area contributed by atoms with Crippen LogP contribution in [0.1, 0.15) is 25.0 Å². The van der Waals surface area contributed by atoms with E-state index in [9.17, 15) is 4.79 Å². The molecule has 0 fully saturated rings. The molecule has 25 heavy (non-hydrogen) atoms. The van der Waals surface area contributed by atoms with Crippen molar-refractivity contribution < 1.29 is 14.3 Å². The molecule has 0 saturated carbocycles. The van der Waals surface area contributed by atoms with Crippen LogP contribution in [0.25, 0.3) is 0 Å². The predicted octanol–water partition coefficient (Wildman–Crippen LogP) is 4.15. The van der Waals surface area contributed by atoms with Crippen LogP contribution in [-0.2, 0) is 4.79 Å². The van der Waals surface area contributed by atoms with E-state index in [2.05, 4.69) is 10.6 Å². The summed E-state index contributed by atoms with van der Waals surface area (Å²) in [7, 11) is 0. The van der Waals surface area contributed by atoms with Crippen LogP contribution < -0.4 is 20.1 Å². The normalized spacial score (nSPS) is 10.2. The molecular weight excluding hydrogens is 316 g/mol. The molecule has 0 aliphatic rings. The summed E-state index contributed by atoms with van der Waals surface area (Å²) in [6, 6.07) is 11.5. The lowest BCUT2D eigenvalue weighted by Crippen LogP contribution is -2.22. The van der Waals surface area contributed by atoms with Gasteiger partial charge in [-0.1, -0.05) is 18.2 Å². The molecule has 5 heteroatoms. The van der Waals surface area contributed by atoms with Crippen molar-refractivity contribution in [1.82, 2.24) is 0 Å². The van der Waals surface area contributed by atoms with Gasteiger partial charge in [0, 0.05) is 17.4 Å². The Kier molecular flexibility index (Phi) is 6.69. The summed E-state index contributed by atoms with van der Waals surface area (Å²) in [5.74, 6) is 1.19. The van der Waals surface area contributed by atoms with Gasteiger partial charge < -0.3 is 20.1 Å². The molecule has 2 aromatic carbocycles. The van der Waals surface area contributed by atoms with E-state index < -0.39 is 0 Å². The van der Waals surface area contributed by atoms with E-state index in [-0.39, 0.29) is 12.5 Å². The van der Waals surface area contributed by atoms with Crippen LogP contribution in [0, 0.1) is 13.8 Å². The van der Waals surface area contributed by atoms with E-state index in [4.69, 9.17) is 9.47 Å². The fraction of sp³-hybridized carbons (Fsp3) is 0.350. The van der Waals surface area contributed by atoms with E-state index in [1.807, 2.05) is 58.0 Å². The molecule has 2 rings (SSSR count). The van der Waals surface area contributed by atoms with Gasteiger partial charge in [-0.2, -0.15) is 0 Å². The zero-order valence-corrected chi connectivity index (χ0v) is 15.3. The first-order valence-corrected chi connectivity index (χ1v) is 8.54. The zero-order valence-electron chi connectivity index (χ0n) is 15.3. The lowest BCUT2D eigenvalue weighted by atomic mass is 10.1. The van der Waals surface area contributed by atoms with Gasteiger partial charge in [0.1, 0.15) is 0 Å². The Morgan fingerprint density at radius 3 is 2.24 bits per heavy atom. The second-order valence-corrected chi connectivity index (χ2v) is 5.70. The first-order chi connectivity index (χ1) is 12.0. The lowest BCUT2D eigenvalue weighted by molar-refractivity contribution is -0.114. The van der Waals surface area contributed by atoms with Crippen LogP contribution in [-0.4, -0.2) is 25.7 Å². The van der Waals surface area contributed by atoms with Gasteiger partial charge in [0.25, 0.3) is 0 Å². The molecule has 134 valence electrons. The van der Waals surface area contributed by atoms with Gasteiger partial charge in [0.15, 0.2) is 11.5 Å². The largest absolute Gasteiger partial charge is 0.490 e. The van der Waals surface area contributed by atoms with Crippen LogP contribution in [0.3, 0.4) is 0 Å². The van der Waals surface area contributed by atoms with Crippen molar-refractivity contribution >= 4 is 17.3 Å². The van der Waals surface area contributed by atoms with Crippen LogP contribution in [0.5, 0.6) is 11.5 Å². The Bertz CT molecular complexity index is 709. The van der Waals surface area contributed by atoms with Crippen LogP contribution in [0.15, 0.2) is 36.4 Å². The van der Waals surface area contributed by atoms with Crippen molar-refractivity contribution in [3.63, 3.8) is 0 Å². The Morgan fingerprint density at radius 1 is 0.960 bits per heavy atom. The molecular formula is C20H26N2O3. The fourth-order valence-electron chi connectivity index (χ4n) is 2.60. The Hall–Kier alpha value is -2.69. The van der Waals surface area contributed by atoms with Gasteiger partial charge >= 0.3 is 0 Å². The van der Waals surface area contributed by atoms with Crippen LogP contribution >= 0.6 is 0 Å². The van der Waals surface area contributed by atoms with Crippen molar-refractivity contribution in [3.8, 4) is 11.5 Å². The van der Waals surface area contributed by atoms with E-state index in [0.717, 1.165) is 16.8 Å². The molecule has 0 aromatic heterocycles. The highest BCUT2D eigenvalue weighted by Crippen LogP contribution is 2.30. The summed E-state index contributed by atoms with van der Waals surface area (Å²) in [6.45, 7) is 9.17. The number of carbonyl (C=O) groups excluding carboxylic acids is 1. The number of aryl methyl sites for hydroxylation is 2. The average molecular weight is 342 g/mol.